The lowest BCUT2D eigenvalue weighted by atomic mass is 10.0. The van der Waals surface area contributed by atoms with Gasteiger partial charge in [-0.15, -0.1) is 0 Å². The van der Waals surface area contributed by atoms with Crippen LogP contribution in [0.5, 0.6) is 0 Å². The van der Waals surface area contributed by atoms with Crippen LogP contribution in [-0.2, 0) is 19.7 Å². The van der Waals surface area contributed by atoms with E-state index in [2.05, 4.69) is 0 Å². The van der Waals surface area contributed by atoms with Crippen LogP contribution in [0.1, 0.15) is 212 Å². The third-order valence-corrected chi connectivity index (χ3v) is 9.33. The van der Waals surface area contributed by atoms with E-state index in [0.717, 1.165) is 32.1 Å². The average molecular weight is 616 g/mol. The topological polar surface area (TPSA) is 112 Å². The van der Waals surface area contributed by atoms with Gasteiger partial charge < -0.3 is 9.90 Å². The van der Waals surface area contributed by atoms with Crippen LogP contribution >= 0.6 is 0 Å². The number of carboxylic acid groups (broad SMARTS) is 1. The van der Waals surface area contributed by atoms with E-state index < -0.39 is 21.2 Å². The fourth-order valence-corrected chi connectivity index (χ4v) is 6.20. The highest BCUT2D eigenvalue weighted by atomic mass is 32.2. The van der Waals surface area contributed by atoms with Gasteiger partial charge in [-0.3, -0.25) is 9.35 Å². The van der Waals surface area contributed by atoms with Crippen molar-refractivity contribution in [1.82, 2.24) is 0 Å². The summed E-state index contributed by atoms with van der Waals surface area (Å²) in [4.78, 5) is 21.5. The molecular formula is C35H67O6S-. The Labute approximate surface area is 260 Å². The summed E-state index contributed by atoms with van der Waals surface area (Å²) in [6.45, 7) is 0. The van der Waals surface area contributed by atoms with E-state index in [1.54, 1.807) is 0 Å². The molecule has 0 aromatic rings. The molecule has 0 atom stereocenters. The maximum Gasteiger partial charge on any atom is 0.328 e. The summed E-state index contributed by atoms with van der Waals surface area (Å²) in [7, 11) is -4.48. The lowest BCUT2D eigenvalue weighted by Crippen LogP contribution is -2.21. The van der Waals surface area contributed by atoms with Crippen LogP contribution in [0.15, 0.2) is 0 Å². The molecule has 42 heavy (non-hydrogen) atoms. The number of aliphatic carboxylic acids is 1. The van der Waals surface area contributed by atoms with E-state index in [9.17, 15) is 23.1 Å². The Morgan fingerprint density at radius 2 is 0.524 bits per heavy atom. The van der Waals surface area contributed by atoms with Crippen molar-refractivity contribution >= 4 is 21.2 Å². The summed E-state index contributed by atoms with van der Waals surface area (Å²) in [6.07, 6.45) is 39.5. The molecule has 0 bridgehead atoms. The predicted octanol–water partition coefficient (Wildman–Crippen LogP) is 10.0. The van der Waals surface area contributed by atoms with Crippen molar-refractivity contribution in [2.45, 2.75) is 212 Å². The number of unbranched alkanes of at least 4 members (excludes halogenated alkanes) is 30. The molecule has 0 aromatic carbocycles. The van der Waals surface area contributed by atoms with Gasteiger partial charge in [0.25, 0.3) is 5.12 Å². The smallest absolute Gasteiger partial charge is 0.328 e. The third-order valence-electron chi connectivity index (χ3n) is 8.55. The Kier molecular flexibility index (Phi) is 30.8. The molecule has 0 aliphatic rings. The van der Waals surface area contributed by atoms with Gasteiger partial charge in [0.05, 0.1) is 0 Å². The van der Waals surface area contributed by atoms with Crippen molar-refractivity contribution in [1.29, 1.82) is 0 Å². The highest BCUT2D eigenvalue weighted by Crippen LogP contribution is 2.17. The molecule has 0 aromatic heterocycles. The van der Waals surface area contributed by atoms with E-state index in [1.807, 2.05) is 0 Å². The Morgan fingerprint density at radius 1 is 0.357 bits per heavy atom. The number of rotatable bonds is 34. The van der Waals surface area contributed by atoms with Gasteiger partial charge in [-0.05, 0) is 19.3 Å². The SMILES string of the molecule is O=C([O-])CCCCCCCCCCCCCCCCCCCCCCCCCCCCCCCCCC(=O)S(=O)(=O)O. The van der Waals surface area contributed by atoms with Crippen LogP contribution in [0.2, 0.25) is 0 Å². The second-order valence-corrected chi connectivity index (χ2v) is 14.1. The minimum atomic E-state index is -4.48. The molecule has 0 aliphatic heterocycles. The largest absolute Gasteiger partial charge is 0.550 e. The molecule has 0 amide bonds. The second-order valence-electron chi connectivity index (χ2n) is 12.7. The van der Waals surface area contributed by atoms with Crippen molar-refractivity contribution in [3.05, 3.63) is 0 Å². The normalized spacial score (nSPS) is 11.7. The summed E-state index contributed by atoms with van der Waals surface area (Å²) >= 11 is 0. The molecule has 0 radical (unpaired) electrons. The van der Waals surface area contributed by atoms with Crippen LogP contribution in [0.4, 0.5) is 0 Å². The molecule has 7 heteroatoms. The number of carbonyl (C=O) groups is 2. The molecule has 0 rings (SSSR count). The number of carboxylic acids is 1. The van der Waals surface area contributed by atoms with E-state index in [0.29, 0.717) is 6.42 Å². The van der Waals surface area contributed by atoms with Crippen LogP contribution in [0.3, 0.4) is 0 Å². The highest BCUT2D eigenvalue weighted by Gasteiger charge is 2.16. The van der Waals surface area contributed by atoms with Crippen molar-refractivity contribution in [2.24, 2.45) is 0 Å². The molecule has 0 spiro atoms. The molecule has 6 nitrogen and oxygen atoms in total. The van der Waals surface area contributed by atoms with Crippen molar-refractivity contribution in [3.8, 4) is 0 Å². The fraction of sp³-hybridized carbons (Fsp3) is 0.943. The Hall–Kier alpha value is -0.950. The first-order valence-corrected chi connectivity index (χ1v) is 19.5. The van der Waals surface area contributed by atoms with E-state index >= 15 is 0 Å². The summed E-state index contributed by atoms with van der Waals surface area (Å²) in [5, 5.41) is 9.31. The highest BCUT2D eigenvalue weighted by molar-refractivity contribution is 8.01. The number of hydrogen-bond acceptors (Lipinski definition) is 5. The van der Waals surface area contributed by atoms with Gasteiger partial charge in [-0.25, -0.2) is 0 Å². The van der Waals surface area contributed by atoms with E-state index in [-0.39, 0.29) is 12.8 Å². The molecule has 0 heterocycles. The average Bonchev–Trinajstić information content (AvgIpc) is 2.94. The van der Waals surface area contributed by atoms with Gasteiger partial charge in [-0.2, -0.15) is 8.42 Å². The molecular weight excluding hydrogens is 548 g/mol. The monoisotopic (exact) mass is 615 g/mol. The first-order valence-electron chi connectivity index (χ1n) is 18.0. The van der Waals surface area contributed by atoms with E-state index in [4.69, 9.17) is 4.55 Å². The van der Waals surface area contributed by atoms with Gasteiger partial charge >= 0.3 is 10.1 Å². The Balaban J connectivity index is 3.10. The second kappa shape index (κ2) is 31.5. The maximum atomic E-state index is 11.1. The van der Waals surface area contributed by atoms with Crippen molar-refractivity contribution < 1.29 is 27.7 Å². The summed E-state index contributed by atoms with van der Waals surface area (Å²) in [5.74, 6) is -0.912. The van der Waals surface area contributed by atoms with Crippen LogP contribution < -0.4 is 5.11 Å². The van der Waals surface area contributed by atoms with E-state index in [1.165, 1.54) is 161 Å². The fourth-order valence-electron chi connectivity index (χ4n) is 5.79. The van der Waals surface area contributed by atoms with Crippen molar-refractivity contribution in [3.63, 3.8) is 0 Å². The predicted molar refractivity (Wildman–Crippen MR) is 174 cm³/mol. The molecule has 250 valence electrons. The minimum Gasteiger partial charge on any atom is -0.550 e. The van der Waals surface area contributed by atoms with Gasteiger partial charge in [0.15, 0.2) is 0 Å². The lowest BCUT2D eigenvalue weighted by Gasteiger charge is -2.05. The minimum absolute atomic E-state index is 0.0658. The zero-order chi connectivity index (χ0) is 31.0. The quantitative estimate of drug-likeness (QED) is 0.0569. The standard InChI is InChI=1S/C35H68O6S/c36-34(37)32-30-28-26-24-22-20-18-16-14-12-10-8-6-4-2-1-3-5-7-9-11-13-15-17-19-21-23-25-27-29-31-33-35(38)42(39,40)41/h1-33H2,(H,36,37)(H,39,40,41)/p-1. The Morgan fingerprint density at radius 3 is 0.690 bits per heavy atom. The molecule has 0 unspecified atom stereocenters. The first kappa shape index (κ1) is 41.0. The molecule has 1 N–H and O–H groups in total. The van der Waals surface area contributed by atoms with Gasteiger partial charge in [0.1, 0.15) is 0 Å². The van der Waals surface area contributed by atoms with Gasteiger partial charge in [0, 0.05) is 12.4 Å². The molecule has 0 fully saturated rings. The Bertz CT molecular complexity index is 706. The molecule has 0 saturated heterocycles. The summed E-state index contributed by atoms with van der Waals surface area (Å²) < 4.78 is 29.9. The number of carbonyl (C=O) groups excluding carboxylic acids is 2. The van der Waals surface area contributed by atoms with Crippen LogP contribution in [0, 0.1) is 0 Å². The van der Waals surface area contributed by atoms with Gasteiger partial charge in [-0.1, -0.05) is 186 Å². The molecule has 0 aliphatic carbocycles. The zero-order valence-corrected chi connectivity index (χ0v) is 28.0. The van der Waals surface area contributed by atoms with Crippen molar-refractivity contribution in [2.75, 3.05) is 0 Å². The maximum absolute atomic E-state index is 11.1. The zero-order valence-electron chi connectivity index (χ0n) is 27.2. The van der Waals surface area contributed by atoms with Crippen LogP contribution in [-0.4, -0.2) is 24.1 Å². The third kappa shape index (κ3) is 33.6. The summed E-state index contributed by atoms with van der Waals surface area (Å²) in [6, 6.07) is 0. The lowest BCUT2D eigenvalue weighted by molar-refractivity contribution is -0.305. The molecule has 0 saturated carbocycles. The van der Waals surface area contributed by atoms with Crippen LogP contribution in [0.25, 0.3) is 0 Å². The summed E-state index contributed by atoms with van der Waals surface area (Å²) in [5.41, 5.74) is 0. The first-order chi connectivity index (χ1) is 20.3. The number of hydrogen-bond donors (Lipinski definition) is 1. The van der Waals surface area contributed by atoms with Gasteiger partial charge in [0.2, 0.25) is 0 Å².